The molecular formula is C14H17N5O. The van der Waals surface area contributed by atoms with Crippen LogP contribution in [-0.4, -0.2) is 37.5 Å². The number of anilines is 1. The van der Waals surface area contributed by atoms with Gasteiger partial charge in [-0.25, -0.2) is 0 Å². The highest BCUT2D eigenvalue weighted by molar-refractivity contribution is 6.04. The van der Waals surface area contributed by atoms with E-state index in [1.165, 1.54) is 0 Å². The smallest absolute Gasteiger partial charge is 0.245 e. The van der Waals surface area contributed by atoms with E-state index in [1.54, 1.807) is 0 Å². The zero-order valence-electron chi connectivity index (χ0n) is 11.5. The van der Waals surface area contributed by atoms with Gasteiger partial charge in [-0.05, 0) is 12.5 Å². The first-order chi connectivity index (χ1) is 9.74. The number of rotatable bonds is 4. The van der Waals surface area contributed by atoms with Crippen molar-refractivity contribution in [1.29, 1.82) is 0 Å². The van der Waals surface area contributed by atoms with Crippen LogP contribution in [-0.2, 0) is 7.05 Å². The molecule has 0 aliphatic carbocycles. The highest BCUT2D eigenvalue weighted by Crippen LogP contribution is 2.24. The number of aliphatic hydroxyl groups is 1. The van der Waals surface area contributed by atoms with Crippen LogP contribution in [0.1, 0.15) is 13.3 Å². The lowest BCUT2D eigenvalue weighted by molar-refractivity contribution is 0.271. The van der Waals surface area contributed by atoms with Gasteiger partial charge >= 0.3 is 0 Å². The fourth-order valence-corrected chi connectivity index (χ4v) is 2.33. The van der Waals surface area contributed by atoms with E-state index < -0.39 is 0 Å². The Morgan fingerprint density at radius 3 is 2.85 bits per heavy atom. The summed E-state index contributed by atoms with van der Waals surface area (Å²) in [7, 11) is 1.96. The Bertz CT molecular complexity index is 748. The molecule has 0 aliphatic rings. The lowest BCUT2D eigenvalue weighted by Crippen LogP contribution is -2.24. The molecule has 20 heavy (non-hydrogen) atoms. The average Bonchev–Trinajstić information content (AvgIpc) is 2.78. The van der Waals surface area contributed by atoms with Crippen LogP contribution in [0, 0.1) is 0 Å². The summed E-state index contributed by atoms with van der Waals surface area (Å²) in [6.45, 7) is 2.05. The zero-order valence-corrected chi connectivity index (χ0v) is 11.5. The number of aryl methyl sites for hydroxylation is 1. The maximum atomic E-state index is 9.23. The highest BCUT2D eigenvalue weighted by Gasteiger charge is 2.13. The van der Waals surface area contributed by atoms with Crippen molar-refractivity contribution in [2.45, 2.75) is 19.4 Å². The lowest BCUT2D eigenvalue weighted by atomic mass is 10.2. The second-order valence-corrected chi connectivity index (χ2v) is 4.82. The van der Waals surface area contributed by atoms with Crippen LogP contribution < -0.4 is 5.32 Å². The average molecular weight is 271 g/mol. The molecule has 2 heterocycles. The van der Waals surface area contributed by atoms with Gasteiger partial charge in [0.25, 0.3) is 0 Å². The third-order valence-corrected chi connectivity index (χ3v) is 3.55. The molecule has 1 aromatic carbocycles. The normalized spacial score (nSPS) is 12.9. The van der Waals surface area contributed by atoms with Crippen molar-refractivity contribution >= 4 is 28.0 Å². The van der Waals surface area contributed by atoms with E-state index in [0.29, 0.717) is 5.95 Å². The number of hydrogen-bond donors (Lipinski definition) is 2. The van der Waals surface area contributed by atoms with Crippen LogP contribution in [0.2, 0.25) is 0 Å². The van der Waals surface area contributed by atoms with Gasteiger partial charge in [0, 0.05) is 12.4 Å². The Hall–Kier alpha value is -2.21. The summed E-state index contributed by atoms with van der Waals surface area (Å²) >= 11 is 0. The molecule has 0 amide bonds. The fraction of sp³-hybridized carbons (Fsp3) is 0.357. The topological polar surface area (TPSA) is 75.9 Å². The van der Waals surface area contributed by atoms with Gasteiger partial charge in [-0.3, -0.25) is 0 Å². The molecule has 0 bridgehead atoms. The summed E-state index contributed by atoms with van der Waals surface area (Å²) in [5.74, 6) is 0.448. The first-order valence-corrected chi connectivity index (χ1v) is 6.69. The molecule has 6 nitrogen and oxygen atoms in total. The Kier molecular flexibility index (Phi) is 3.23. The molecule has 1 unspecified atom stereocenters. The molecule has 104 valence electrons. The fourth-order valence-electron chi connectivity index (χ4n) is 2.33. The Balaban J connectivity index is 2.11. The van der Waals surface area contributed by atoms with Gasteiger partial charge in [0.05, 0.1) is 18.2 Å². The van der Waals surface area contributed by atoms with E-state index in [9.17, 15) is 5.11 Å². The summed E-state index contributed by atoms with van der Waals surface area (Å²) in [5, 5.41) is 21.8. The van der Waals surface area contributed by atoms with Crippen molar-refractivity contribution in [2.75, 3.05) is 11.9 Å². The number of nitrogens with one attached hydrogen (secondary N) is 1. The van der Waals surface area contributed by atoms with Gasteiger partial charge in [-0.15, -0.1) is 10.2 Å². The summed E-state index contributed by atoms with van der Waals surface area (Å²) in [6.07, 6.45) is 0.799. The van der Waals surface area contributed by atoms with Crippen LogP contribution in [0.5, 0.6) is 0 Å². The monoisotopic (exact) mass is 271 g/mol. The molecule has 0 saturated heterocycles. The van der Waals surface area contributed by atoms with Gasteiger partial charge in [-0.2, -0.15) is 4.98 Å². The maximum absolute atomic E-state index is 9.23. The van der Waals surface area contributed by atoms with E-state index in [4.69, 9.17) is 0 Å². The van der Waals surface area contributed by atoms with Gasteiger partial charge in [0.1, 0.15) is 5.52 Å². The van der Waals surface area contributed by atoms with E-state index >= 15 is 0 Å². The standard InChI is InChI=1S/C14H17N5O/c1-3-9(8-20)15-14-16-13-12(17-18-14)10-6-4-5-7-11(10)19(13)2/h4-7,9,20H,3,8H2,1-2H3,(H,15,16,18). The third-order valence-electron chi connectivity index (χ3n) is 3.55. The van der Waals surface area contributed by atoms with Crippen molar-refractivity contribution in [3.8, 4) is 0 Å². The Labute approximate surface area is 116 Å². The van der Waals surface area contributed by atoms with Crippen molar-refractivity contribution in [1.82, 2.24) is 19.7 Å². The van der Waals surface area contributed by atoms with Gasteiger partial charge in [-0.1, -0.05) is 25.1 Å². The first-order valence-electron chi connectivity index (χ1n) is 6.69. The molecule has 1 atom stereocenters. The summed E-state index contributed by atoms with van der Waals surface area (Å²) in [5.41, 5.74) is 2.66. The Morgan fingerprint density at radius 2 is 2.10 bits per heavy atom. The number of aromatic nitrogens is 4. The van der Waals surface area contributed by atoms with E-state index in [-0.39, 0.29) is 12.6 Å². The number of aliphatic hydroxyl groups excluding tert-OH is 1. The Morgan fingerprint density at radius 1 is 1.30 bits per heavy atom. The van der Waals surface area contributed by atoms with Crippen LogP contribution in [0.4, 0.5) is 5.95 Å². The van der Waals surface area contributed by atoms with Crippen molar-refractivity contribution < 1.29 is 5.11 Å². The van der Waals surface area contributed by atoms with Gasteiger partial charge in [0.2, 0.25) is 5.95 Å². The summed E-state index contributed by atoms with van der Waals surface area (Å²) in [4.78, 5) is 4.51. The SMILES string of the molecule is CCC(CO)Nc1nnc2c3ccccc3n(C)c2n1. The minimum absolute atomic E-state index is 0.0486. The second kappa shape index (κ2) is 5.05. The van der Waals surface area contributed by atoms with Crippen molar-refractivity contribution in [3.05, 3.63) is 24.3 Å². The minimum atomic E-state index is -0.0519. The summed E-state index contributed by atoms with van der Waals surface area (Å²) < 4.78 is 2.00. The molecule has 2 N–H and O–H groups in total. The molecular weight excluding hydrogens is 254 g/mol. The zero-order chi connectivity index (χ0) is 14.1. The number of nitrogens with zero attached hydrogens (tertiary/aromatic N) is 4. The van der Waals surface area contributed by atoms with E-state index in [1.807, 2.05) is 42.8 Å². The maximum Gasteiger partial charge on any atom is 0.245 e. The van der Waals surface area contributed by atoms with Gasteiger partial charge in [0.15, 0.2) is 5.65 Å². The van der Waals surface area contributed by atoms with Crippen LogP contribution in [0.15, 0.2) is 24.3 Å². The molecule has 0 saturated carbocycles. The predicted molar refractivity (Wildman–Crippen MR) is 78.6 cm³/mol. The first kappa shape index (κ1) is 12.8. The third kappa shape index (κ3) is 1.98. The predicted octanol–water partition coefficient (Wildman–Crippen LogP) is 1.70. The molecule has 0 radical (unpaired) electrons. The highest BCUT2D eigenvalue weighted by atomic mass is 16.3. The van der Waals surface area contributed by atoms with E-state index in [0.717, 1.165) is 28.5 Å². The van der Waals surface area contributed by atoms with Crippen LogP contribution >= 0.6 is 0 Å². The lowest BCUT2D eigenvalue weighted by Gasteiger charge is -2.12. The molecule has 3 rings (SSSR count). The van der Waals surface area contributed by atoms with Crippen LogP contribution in [0.25, 0.3) is 22.1 Å². The largest absolute Gasteiger partial charge is 0.394 e. The number of benzene rings is 1. The molecule has 0 aliphatic heterocycles. The van der Waals surface area contributed by atoms with Crippen molar-refractivity contribution in [3.63, 3.8) is 0 Å². The minimum Gasteiger partial charge on any atom is -0.394 e. The van der Waals surface area contributed by atoms with Crippen LogP contribution in [0.3, 0.4) is 0 Å². The molecule has 3 aromatic rings. The molecule has 0 fully saturated rings. The summed E-state index contributed by atoms with van der Waals surface area (Å²) in [6, 6.07) is 7.98. The van der Waals surface area contributed by atoms with Gasteiger partial charge < -0.3 is 15.0 Å². The number of hydrogen-bond acceptors (Lipinski definition) is 5. The quantitative estimate of drug-likeness (QED) is 0.755. The molecule has 6 heteroatoms. The van der Waals surface area contributed by atoms with Crippen molar-refractivity contribution in [2.24, 2.45) is 7.05 Å². The molecule has 2 aromatic heterocycles. The second-order valence-electron chi connectivity index (χ2n) is 4.82. The van der Waals surface area contributed by atoms with E-state index in [2.05, 4.69) is 20.5 Å². The number of fused-ring (bicyclic) bond motifs is 3. The number of para-hydroxylation sites is 1. The molecule has 0 spiro atoms.